The zero-order valence-electron chi connectivity index (χ0n) is 13.0. The number of nitrogens with two attached hydrogens (primary N) is 1. The summed E-state index contributed by atoms with van der Waals surface area (Å²) in [7, 11) is 0. The van der Waals surface area contributed by atoms with Crippen molar-refractivity contribution in [2.75, 3.05) is 44.3 Å². The van der Waals surface area contributed by atoms with E-state index in [0.717, 1.165) is 63.4 Å². The second-order valence-electron chi connectivity index (χ2n) is 6.12. The van der Waals surface area contributed by atoms with Crippen LogP contribution in [0.2, 0.25) is 0 Å². The van der Waals surface area contributed by atoms with Crippen LogP contribution >= 0.6 is 0 Å². The molecule has 1 aromatic rings. The van der Waals surface area contributed by atoms with Crippen molar-refractivity contribution >= 4 is 11.6 Å². The molecular formula is C17H25N3O2. The normalized spacial score (nSPS) is 23.2. The summed E-state index contributed by atoms with van der Waals surface area (Å²) >= 11 is 0. The molecule has 0 aliphatic carbocycles. The third-order valence-corrected chi connectivity index (χ3v) is 4.48. The summed E-state index contributed by atoms with van der Waals surface area (Å²) in [6.45, 7) is 4.59. The molecule has 0 bridgehead atoms. The van der Waals surface area contributed by atoms with E-state index in [2.05, 4.69) is 4.90 Å². The topological polar surface area (TPSA) is 58.8 Å². The van der Waals surface area contributed by atoms with Crippen LogP contribution in [0.5, 0.6) is 0 Å². The van der Waals surface area contributed by atoms with Gasteiger partial charge in [-0.25, -0.2) is 0 Å². The highest BCUT2D eigenvalue weighted by atomic mass is 16.5. The number of rotatable bonds is 2. The molecule has 1 aromatic carbocycles. The van der Waals surface area contributed by atoms with Gasteiger partial charge in [0.15, 0.2) is 0 Å². The van der Waals surface area contributed by atoms with Crippen LogP contribution in [0.4, 0.5) is 5.69 Å². The molecule has 5 heteroatoms. The number of likely N-dealkylation sites (tertiary alicyclic amines) is 1. The van der Waals surface area contributed by atoms with Crippen molar-refractivity contribution < 1.29 is 9.53 Å². The van der Waals surface area contributed by atoms with Gasteiger partial charge in [-0.05, 0) is 25.0 Å². The van der Waals surface area contributed by atoms with E-state index in [1.807, 2.05) is 29.2 Å². The van der Waals surface area contributed by atoms with Crippen molar-refractivity contribution in [3.63, 3.8) is 0 Å². The smallest absolute Gasteiger partial charge is 0.256 e. The minimum Gasteiger partial charge on any atom is -0.378 e. The second-order valence-corrected chi connectivity index (χ2v) is 6.12. The molecule has 2 aliphatic heterocycles. The molecule has 1 atom stereocenters. The first-order valence-corrected chi connectivity index (χ1v) is 8.22. The van der Waals surface area contributed by atoms with E-state index in [4.69, 9.17) is 10.5 Å². The highest BCUT2D eigenvalue weighted by molar-refractivity contribution is 5.99. The Morgan fingerprint density at radius 2 is 1.91 bits per heavy atom. The lowest BCUT2D eigenvalue weighted by Gasteiger charge is -2.31. The van der Waals surface area contributed by atoms with Gasteiger partial charge in [-0.1, -0.05) is 18.6 Å². The van der Waals surface area contributed by atoms with Crippen LogP contribution < -0.4 is 10.6 Å². The van der Waals surface area contributed by atoms with Crippen molar-refractivity contribution in [2.24, 2.45) is 5.73 Å². The number of hydrogen-bond acceptors (Lipinski definition) is 4. The highest BCUT2D eigenvalue weighted by Gasteiger charge is 2.24. The van der Waals surface area contributed by atoms with Gasteiger partial charge in [0.05, 0.1) is 18.8 Å². The van der Waals surface area contributed by atoms with Crippen LogP contribution in [0, 0.1) is 0 Å². The van der Waals surface area contributed by atoms with Gasteiger partial charge >= 0.3 is 0 Å². The molecule has 2 saturated heterocycles. The molecule has 2 fully saturated rings. The summed E-state index contributed by atoms with van der Waals surface area (Å²) in [5, 5.41) is 0. The largest absolute Gasteiger partial charge is 0.378 e. The van der Waals surface area contributed by atoms with Crippen LogP contribution in [0.15, 0.2) is 24.3 Å². The second kappa shape index (κ2) is 7.11. The Morgan fingerprint density at radius 3 is 2.73 bits per heavy atom. The van der Waals surface area contributed by atoms with E-state index in [1.165, 1.54) is 0 Å². The summed E-state index contributed by atoms with van der Waals surface area (Å²) < 4.78 is 5.41. The van der Waals surface area contributed by atoms with E-state index in [1.54, 1.807) is 0 Å². The SMILES string of the molecule is NC1CCCCN(C(=O)c2ccccc2N2CCOCC2)C1. The van der Waals surface area contributed by atoms with Crippen molar-refractivity contribution in [1.29, 1.82) is 0 Å². The Balaban J connectivity index is 1.82. The predicted octanol–water partition coefficient (Wildman–Crippen LogP) is 1.48. The lowest BCUT2D eigenvalue weighted by Crippen LogP contribution is -2.41. The van der Waals surface area contributed by atoms with Gasteiger partial charge in [-0.15, -0.1) is 0 Å². The maximum atomic E-state index is 13.0. The number of hydrogen-bond donors (Lipinski definition) is 1. The average Bonchev–Trinajstić information content (AvgIpc) is 2.79. The monoisotopic (exact) mass is 303 g/mol. The van der Waals surface area contributed by atoms with Crippen LogP contribution in [0.3, 0.4) is 0 Å². The fraction of sp³-hybridized carbons (Fsp3) is 0.588. The van der Waals surface area contributed by atoms with Crippen LogP contribution in [0.1, 0.15) is 29.6 Å². The number of morpholine rings is 1. The molecular weight excluding hydrogens is 278 g/mol. The number of nitrogens with zero attached hydrogens (tertiary/aromatic N) is 2. The molecule has 5 nitrogen and oxygen atoms in total. The number of benzene rings is 1. The van der Waals surface area contributed by atoms with Crippen LogP contribution in [0.25, 0.3) is 0 Å². The number of amides is 1. The minimum absolute atomic E-state index is 0.0991. The van der Waals surface area contributed by atoms with Gasteiger partial charge in [-0.3, -0.25) is 4.79 Å². The number of carbonyl (C=O) groups is 1. The fourth-order valence-corrected chi connectivity index (χ4v) is 3.26. The average molecular weight is 303 g/mol. The Labute approximate surface area is 132 Å². The van der Waals surface area contributed by atoms with Crippen LogP contribution in [-0.4, -0.2) is 56.2 Å². The third kappa shape index (κ3) is 3.42. The van der Waals surface area contributed by atoms with Gasteiger partial charge in [0, 0.05) is 37.9 Å². The standard InChI is InChI=1S/C17H25N3O2/c18-14-5-3-4-8-20(13-14)17(21)15-6-1-2-7-16(15)19-9-11-22-12-10-19/h1-2,6-7,14H,3-5,8-13,18H2. The summed E-state index contributed by atoms with van der Waals surface area (Å²) in [6, 6.07) is 8.01. The van der Waals surface area contributed by atoms with Crippen molar-refractivity contribution in [2.45, 2.75) is 25.3 Å². The van der Waals surface area contributed by atoms with E-state index in [9.17, 15) is 4.79 Å². The first-order valence-electron chi connectivity index (χ1n) is 8.22. The van der Waals surface area contributed by atoms with Crippen molar-refractivity contribution in [3.05, 3.63) is 29.8 Å². The van der Waals surface area contributed by atoms with Crippen molar-refractivity contribution in [1.82, 2.24) is 4.90 Å². The molecule has 3 rings (SSSR count). The number of para-hydroxylation sites is 1. The lowest BCUT2D eigenvalue weighted by atomic mass is 10.1. The van der Waals surface area contributed by atoms with E-state index >= 15 is 0 Å². The molecule has 2 N–H and O–H groups in total. The maximum Gasteiger partial charge on any atom is 0.256 e. The zero-order chi connectivity index (χ0) is 15.4. The molecule has 0 aromatic heterocycles. The molecule has 22 heavy (non-hydrogen) atoms. The molecule has 120 valence electrons. The molecule has 1 amide bonds. The number of anilines is 1. The zero-order valence-corrected chi connectivity index (χ0v) is 13.0. The molecule has 2 heterocycles. The Morgan fingerprint density at radius 1 is 1.14 bits per heavy atom. The van der Waals surface area contributed by atoms with Gasteiger partial charge < -0.3 is 20.3 Å². The highest BCUT2D eigenvalue weighted by Crippen LogP contribution is 2.24. The molecule has 0 radical (unpaired) electrons. The van der Waals surface area contributed by atoms with E-state index < -0.39 is 0 Å². The molecule has 0 saturated carbocycles. The van der Waals surface area contributed by atoms with Crippen LogP contribution in [-0.2, 0) is 4.74 Å². The van der Waals surface area contributed by atoms with Gasteiger partial charge in [0.1, 0.15) is 0 Å². The summed E-state index contributed by atoms with van der Waals surface area (Å²) in [5.74, 6) is 0.111. The quantitative estimate of drug-likeness (QED) is 0.899. The van der Waals surface area contributed by atoms with Gasteiger partial charge in [0.25, 0.3) is 5.91 Å². The van der Waals surface area contributed by atoms with E-state index in [0.29, 0.717) is 6.54 Å². The fourth-order valence-electron chi connectivity index (χ4n) is 3.26. The number of carbonyl (C=O) groups excluding carboxylic acids is 1. The molecule has 1 unspecified atom stereocenters. The lowest BCUT2D eigenvalue weighted by molar-refractivity contribution is 0.0754. The summed E-state index contributed by atoms with van der Waals surface area (Å²) in [5.41, 5.74) is 7.91. The Bertz CT molecular complexity index is 514. The molecule has 2 aliphatic rings. The van der Waals surface area contributed by atoms with Gasteiger partial charge in [-0.2, -0.15) is 0 Å². The van der Waals surface area contributed by atoms with Gasteiger partial charge in [0.2, 0.25) is 0 Å². The summed E-state index contributed by atoms with van der Waals surface area (Å²) in [6.07, 6.45) is 3.16. The third-order valence-electron chi connectivity index (χ3n) is 4.48. The maximum absolute atomic E-state index is 13.0. The Hall–Kier alpha value is -1.59. The first kappa shape index (κ1) is 15.3. The van der Waals surface area contributed by atoms with Crippen molar-refractivity contribution in [3.8, 4) is 0 Å². The van der Waals surface area contributed by atoms with E-state index in [-0.39, 0.29) is 11.9 Å². The predicted molar refractivity (Wildman–Crippen MR) is 87.2 cm³/mol. The first-order chi connectivity index (χ1) is 10.8. The number of ether oxygens (including phenoxy) is 1. The molecule has 0 spiro atoms. The Kier molecular flexibility index (Phi) is 4.95. The minimum atomic E-state index is 0.0991. The summed E-state index contributed by atoms with van der Waals surface area (Å²) in [4.78, 5) is 17.1.